The zero-order valence-corrected chi connectivity index (χ0v) is 11.4. The maximum absolute atomic E-state index is 5.70. The van der Waals surface area contributed by atoms with Gasteiger partial charge < -0.3 is 10.6 Å². The highest BCUT2D eigenvalue weighted by Gasteiger charge is 2.08. The lowest BCUT2D eigenvalue weighted by molar-refractivity contribution is 0.293. The maximum atomic E-state index is 5.70. The molecule has 0 aliphatic carbocycles. The number of rotatable bonds is 7. The molecule has 4 heteroatoms. The van der Waals surface area contributed by atoms with Gasteiger partial charge in [0, 0.05) is 11.4 Å². The van der Waals surface area contributed by atoms with Crippen molar-refractivity contribution in [3.05, 3.63) is 16.1 Å². The number of aromatic nitrogens is 1. The van der Waals surface area contributed by atoms with Crippen LogP contribution in [0.3, 0.4) is 0 Å². The first-order chi connectivity index (χ1) is 7.67. The Morgan fingerprint density at radius 3 is 2.81 bits per heavy atom. The van der Waals surface area contributed by atoms with E-state index in [9.17, 15) is 0 Å². The molecule has 0 fully saturated rings. The summed E-state index contributed by atoms with van der Waals surface area (Å²) < 4.78 is 0. The minimum atomic E-state index is 0.671. The Labute approximate surface area is 103 Å². The number of hydrogen-bond donors (Lipinski definition) is 1. The van der Waals surface area contributed by atoms with E-state index in [4.69, 9.17) is 5.73 Å². The summed E-state index contributed by atoms with van der Waals surface area (Å²) in [6, 6.07) is 0. The summed E-state index contributed by atoms with van der Waals surface area (Å²) >= 11 is 1.75. The quantitative estimate of drug-likeness (QED) is 0.796. The lowest BCUT2D eigenvalue weighted by Gasteiger charge is -2.19. The fourth-order valence-electron chi connectivity index (χ4n) is 1.69. The average molecular weight is 241 g/mol. The van der Waals surface area contributed by atoms with Crippen LogP contribution in [0.15, 0.2) is 5.51 Å². The van der Waals surface area contributed by atoms with Gasteiger partial charge in [0.05, 0.1) is 11.2 Å². The molecule has 0 aliphatic rings. The fourth-order valence-corrected chi connectivity index (χ4v) is 2.55. The molecule has 0 spiro atoms. The standard InChI is InChI=1S/C12H23N3S/c1-4-11(7-13)5-6-15(3)8-12-10(2)14-9-16-12/h9,11H,4-8,13H2,1-3H3. The Balaban J connectivity index is 2.31. The Hall–Kier alpha value is -0.450. The molecule has 1 aromatic rings. The van der Waals surface area contributed by atoms with Crippen LogP contribution in [0.5, 0.6) is 0 Å². The van der Waals surface area contributed by atoms with Gasteiger partial charge in [0.2, 0.25) is 0 Å². The van der Waals surface area contributed by atoms with Crippen molar-refractivity contribution in [3.63, 3.8) is 0 Å². The van der Waals surface area contributed by atoms with Crippen LogP contribution in [0.25, 0.3) is 0 Å². The normalized spacial score (nSPS) is 13.3. The van der Waals surface area contributed by atoms with Crippen molar-refractivity contribution in [2.75, 3.05) is 20.1 Å². The molecule has 1 heterocycles. The van der Waals surface area contributed by atoms with E-state index < -0.39 is 0 Å². The number of hydrogen-bond acceptors (Lipinski definition) is 4. The fraction of sp³-hybridized carbons (Fsp3) is 0.750. The van der Waals surface area contributed by atoms with E-state index in [1.165, 1.54) is 23.4 Å². The van der Waals surface area contributed by atoms with Gasteiger partial charge >= 0.3 is 0 Å². The maximum Gasteiger partial charge on any atom is 0.0798 e. The molecule has 1 aromatic heterocycles. The third kappa shape index (κ3) is 4.20. The summed E-state index contributed by atoms with van der Waals surface area (Å²) in [6.45, 7) is 7.23. The van der Waals surface area contributed by atoms with Crippen LogP contribution in [0.4, 0.5) is 0 Å². The zero-order valence-electron chi connectivity index (χ0n) is 10.6. The molecule has 92 valence electrons. The molecule has 16 heavy (non-hydrogen) atoms. The second kappa shape index (κ2) is 6.99. The molecule has 0 aromatic carbocycles. The summed E-state index contributed by atoms with van der Waals surface area (Å²) in [6.07, 6.45) is 2.38. The Morgan fingerprint density at radius 1 is 1.56 bits per heavy atom. The Morgan fingerprint density at radius 2 is 2.31 bits per heavy atom. The third-order valence-electron chi connectivity index (χ3n) is 3.09. The molecule has 0 bridgehead atoms. The van der Waals surface area contributed by atoms with E-state index in [-0.39, 0.29) is 0 Å². The largest absolute Gasteiger partial charge is 0.330 e. The second-order valence-electron chi connectivity index (χ2n) is 4.40. The van der Waals surface area contributed by atoms with Crippen LogP contribution in [-0.4, -0.2) is 30.0 Å². The first-order valence-electron chi connectivity index (χ1n) is 5.94. The first-order valence-corrected chi connectivity index (χ1v) is 6.82. The Bertz CT molecular complexity index is 294. The van der Waals surface area contributed by atoms with Gasteiger partial charge in [-0.15, -0.1) is 11.3 Å². The smallest absolute Gasteiger partial charge is 0.0798 e. The molecule has 0 aliphatic heterocycles. The van der Waals surface area contributed by atoms with Gasteiger partial charge in [-0.25, -0.2) is 4.98 Å². The molecule has 1 atom stereocenters. The van der Waals surface area contributed by atoms with Crippen molar-refractivity contribution >= 4 is 11.3 Å². The van der Waals surface area contributed by atoms with Crippen molar-refractivity contribution < 1.29 is 0 Å². The van der Waals surface area contributed by atoms with Crippen LogP contribution in [0.1, 0.15) is 30.3 Å². The molecule has 3 nitrogen and oxygen atoms in total. The SMILES string of the molecule is CCC(CN)CCN(C)Cc1scnc1C. The van der Waals surface area contributed by atoms with Crippen LogP contribution in [0.2, 0.25) is 0 Å². The van der Waals surface area contributed by atoms with Crippen LogP contribution < -0.4 is 5.73 Å². The van der Waals surface area contributed by atoms with Crippen LogP contribution in [-0.2, 0) is 6.54 Å². The number of nitrogens with two attached hydrogens (primary N) is 1. The highest BCUT2D eigenvalue weighted by molar-refractivity contribution is 7.09. The number of aryl methyl sites for hydroxylation is 1. The van der Waals surface area contributed by atoms with Crippen molar-refractivity contribution in [1.82, 2.24) is 9.88 Å². The lowest BCUT2D eigenvalue weighted by atomic mass is 10.0. The van der Waals surface area contributed by atoms with E-state index in [1.54, 1.807) is 11.3 Å². The highest BCUT2D eigenvalue weighted by Crippen LogP contribution is 2.15. The molecular weight excluding hydrogens is 218 g/mol. The van der Waals surface area contributed by atoms with E-state index in [2.05, 4.69) is 30.8 Å². The average Bonchev–Trinajstić information content (AvgIpc) is 2.66. The van der Waals surface area contributed by atoms with E-state index in [0.29, 0.717) is 5.92 Å². The summed E-state index contributed by atoms with van der Waals surface area (Å²) in [5.74, 6) is 0.671. The van der Waals surface area contributed by atoms with Gasteiger partial charge in [-0.1, -0.05) is 13.3 Å². The second-order valence-corrected chi connectivity index (χ2v) is 5.34. The molecule has 0 radical (unpaired) electrons. The predicted octanol–water partition coefficient (Wildman–Crippen LogP) is 2.26. The van der Waals surface area contributed by atoms with Crippen LogP contribution >= 0.6 is 11.3 Å². The topological polar surface area (TPSA) is 42.1 Å². The molecule has 1 unspecified atom stereocenters. The molecule has 0 amide bonds. The minimum absolute atomic E-state index is 0.671. The van der Waals surface area contributed by atoms with Gasteiger partial charge in [-0.2, -0.15) is 0 Å². The monoisotopic (exact) mass is 241 g/mol. The van der Waals surface area contributed by atoms with Crippen molar-refractivity contribution in [1.29, 1.82) is 0 Å². The minimum Gasteiger partial charge on any atom is -0.330 e. The molecule has 0 saturated carbocycles. The Kier molecular flexibility index (Phi) is 5.95. The molecule has 1 rings (SSSR count). The van der Waals surface area contributed by atoms with E-state index in [0.717, 1.165) is 19.6 Å². The summed E-state index contributed by atoms with van der Waals surface area (Å²) in [4.78, 5) is 8.01. The molecule has 0 saturated heterocycles. The summed E-state index contributed by atoms with van der Waals surface area (Å²) in [7, 11) is 2.17. The number of nitrogens with zero attached hydrogens (tertiary/aromatic N) is 2. The van der Waals surface area contributed by atoms with Crippen molar-refractivity contribution in [2.24, 2.45) is 11.7 Å². The van der Waals surface area contributed by atoms with E-state index in [1.807, 2.05) is 5.51 Å². The van der Waals surface area contributed by atoms with Crippen molar-refractivity contribution in [2.45, 2.75) is 33.2 Å². The molecule has 2 N–H and O–H groups in total. The van der Waals surface area contributed by atoms with Crippen molar-refractivity contribution in [3.8, 4) is 0 Å². The number of thiazole rings is 1. The zero-order chi connectivity index (χ0) is 12.0. The van der Waals surface area contributed by atoms with Gasteiger partial charge in [0.15, 0.2) is 0 Å². The third-order valence-corrected chi connectivity index (χ3v) is 4.01. The lowest BCUT2D eigenvalue weighted by Crippen LogP contribution is -2.24. The summed E-state index contributed by atoms with van der Waals surface area (Å²) in [5.41, 5.74) is 8.80. The van der Waals surface area contributed by atoms with Gasteiger partial charge in [-0.05, 0) is 39.4 Å². The van der Waals surface area contributed by atoms with Crippen LogP contribution in [0, 0.1) is 12.8 Å². The van der Waals surface area contributed by atoms with Gasteiger partial charge in [0.25, 0.3) is 0 Å². The first kappa shape index (κ1) is 13.6. The van der Waals surface area contributed by atoms with Gasteiger partial charge in [0.1, 0.15) is 0 Å². The summed E-state index contributed by atoms with van der Waals surface area (Å²) in [5, 5.41) is 0. The van der Waals surface area contributed by atoms with Gasteiger partial charge in [-0.3, -0.25) is 0 Å². The van der Waals surface area contributed by atoms with E-state index >= 15 is 0 Å². The highest BCUT2D eigenvalue weighted by atomic mass is 32.1. The molecular formula is C12H23N3S. The predicted molar refractivity (Wildman–Crippen MR) is 70.6 cm³/mol.